The first-order valence-electron chi connectivity index (χ1n) is 4.25. The van der Waals surface area contributed by atoms with Crippen molar-refractivity contribution in [3.8, 4) is 5.88 Å². The molecular weight excluding hydrogens is 180 g/mol. The number of hydrogen-bond donors (Lipinski definition) is 0. The third-order valence-corrected chi connectivity index (χ3v) is 2.01. The highest BCUT2D eigenvalue weighted by Gasteiger charge is 2.01. The predicted octanol–water partition coefficient (Wildman–Crippen LogP) is 1.01. The molecule has 2 heterocycles. The minimum Gasteiger partial charge on any atom is -0.481 e. The van der Waals surface area contributed by atoms with E-state index in [1.807, 2.05) is 19.1 Å². The molecule has 0 spiro atoms. The van der Waals surface area contributed by atoms with Crippen molar-refractivity contribution in [3.63, 3.8) is 0 Å². The second-order valence-corrected chi connectivity index (χ2v) is 3.07. The van der Waals surface area contributed by atoms with E-state index in [-0.39, 0.29) is 5.56 Å². The molecule has 72 valence electrons. The smallest absolute Gasteiger partial charge is 0.261 e. The SMILES string of the molecule is COc1cc(=O)n2ccc(C)cc2n1. The fraction of sp³-hybridized carbons (Fsp3) is 0.200. The Morgan fingerprint density at radius 2 is 2.21 bits per heavy atom. The van der Waals surface area contributed by atoms with Gasteiger partial charge in [-0.25, -0.2) is 0 Å². The normalized spacial score (nSPS) is 10.4. The van der Waals surface area contributed by atoms with Crippen LogP contribution in [-0.2, 0) is 0 Å². The molecule has 0 amide bonds. The average molecular weight is 190 g/mol. The van der Waals surface area contributed by atoms with Crippen LogP contribution in [0, 0.1) is 6.92 Å². The van der Waals surface area contributed by atoms with Crippen LogP contribution in [0.3, 0.4) is 0 Å². The van der Waals surface area contributed by atoms with Gasteiger partial charge in [0.05, 0.1) is 13.2 Å². The Morgan fingerprint density at radius 1 is 1.43 bits per heavy atom. The number of nitrogens with zero attached hydrogens (tertiary/aromatic N) is 2. The highest BCUT2D eigenvalue weighted by molar-refractivity contribution is 5.42. The summed E-state index contributed by atoms with van der Waals surface area (Å²) in [7, 11) is 1.49. The van der Waals surface area contributed by atoms with Gasteiger partial charge in [0.2, 0.25) is 5.88 Å². The maximum atomic E-state index is 11.5. The van der Waals surface area contributed by atoms with E-state index in [9.17, 15) is 4.79 Å². The van der Waals surface area contributed by atoms with Crippen LogP contribution in [0.5, 0.6) is 5.88 Å². The molecule has 0 unspecified atom stereocenters. The van der Waals surface area contributed by atoms with Crippen molar-refractivity contribution in [2.75, 3.05) is 7.11 Å². The number of aryl methyl sites for hydroxylation is 1. The molecule has 2 rings (SSSR count). The van der Waals surface area contributed by atoms with Crippen LogP contribution >= 0.6 is 0 Å². The zero-order valence-corrected chi connectivity index (χ0v) is 8.02. The van der Waals surface area contributed by atoms with Crippen molar-refractivity contribution < 1.29 is 4.74 Å². The Labute approximate surface area is 80.8 Å². The predicted molar refractivity (Wildman–Crippen MR) is 52.8 cm³/mol. The number of hydrogen-bond acceptors (Lipinski definition) is 3. The molecule has 0 bridgehead atoms. The van der Waals surface area contributed by atoms with E-state index >= 15 is 0 Å². The molecule has 2 aromatic heterocycles. The first-order chi connectivity index (χ1) is 6.70. The summed E-state index contributed by atoms with van der Waals surface area (Å²) in [6.45, 7) is 1.95. The Kier molecular flexibility index (Phi) is 1.96. The number of ether oxygens (including phenoxy) is 1. The van der Waals surface area contributed by atoms with Crippen molar-refractivity contribution in [1.82, 2.24) is 9.38 Å². The van der Waals surface area contributed by atoms with Gasteiger partial charge in [0, 0.05) is 6.20 Å². The zero-order chi connectivity index (χ0) is 10.1. The molecule has 2 aromatic rings. The van der Waals surface area contributed by atoms with E-state index in [0.717, 1.165) is 5.56 Å². The first-order valence-corrected chi connectivity index (χ1v) is 4.25. The Morgan fingerprint density at radius 3 is 2.93 bits per heavy atom. The monoisotopic (exact) mass is 190 g/mol. The summed E-state index contributed by atoms with van der Waals surface area (Å²) >= 11 is 0. The van der Waals surface area contributed by atoms with Gasteiger partial charge in [0.25, 0.3) is 5.56 Å². The van der Waals surface area contributed by atoms with Crippen molar-refractivity contribution in [2.24, 2.45) is 0 Å². The van der Waals surface area contributed by atoms with Crippen molar-refractivity contribution in [1.29, 1.82) is 0 Å². The Hall–Kier alpha value is -1.84. The summed E-state index contributed by atoms with van der Waals surface area (Å²) in [5, 5.41) is 0. The summed E-state index contributed by atoms with van der Waals surface area (Å²) in [5.74, 6) is 0.348. The van der Waals surface area contributed by atoms with Gasteiger partial charge in [-0.2, -0.15) is 4.98 Å². The van der Waals surface area contributed by atoms with Crippen molar-refractivity contribution >= 4 is 5.65 Å². The third-order valence-electron chi connectivity index (χ3n) is 2.01. The summed E-state index contributed by atoms with van der Waals surface area (Å²) in [6, 6.07) is 5.06. The zero-order valence-electron chi connectivity index (χ0n) is 8.02. The van der Waals surface area contributed by atoms with E-state index in [1.165, 1.54) is 17.6 Å². The van der Waals surface area contributed by atoms with Gasteiger partial charge >= 0.3 is 0 Å². The molecule has 4 nitrogen and oxygen atoms in total. The van der Waals surface area contributed by atoms with Crippen LogP contribution in [0.2, 0.25) is 0 Å². The van der Waals surface area contributed by atoms with E-state index in [0.29, 0.717) is 11.5 Å². The summed E-state index contributed by atoms with van der Waals surface area (Å²) in [5.41, 5.74) is 1.53. The molecule has 0 fully saturated rings. The number of fused-ring (bicyclic) bond motifs is 1. The van der Waals surface area contributed by atoms with E-state index in [2.05, 4.69) is 4.98 Å². The minimum absolute atomic E-state index is 0.133. The maximum absolute atomic E-state index is 11.5. The highest BCUT2D eigenvalue weighted by atomic mass is 16.5. The summed E-state index contributed by atoms with van der Waals surface area (Å²) < 4.78 is 6.40. The number of aromatic nitrogens is 2. The molecule has 0 saturated carbocycles. The summed E-state index contributed by atoms with van der Waals surface area (Å²) in [6.07, 6.45) is 1.71. The van der Waals surface area contributed by atoms with Gasteiger partial charge in [-0.15, -0.1) is 0 Å². The van der Waals surface area contributed by atoms with E-state index < -0.39 is 0 Å². The molecule has 0 aliphatic heterocycles. The van der Waals surface area contributed by atoms with E-state index in [4.69, 9.17) is 4.74 Å². The van der Waals surface area contributed by atoms with Gasteiger partial charge in [0.15, 0.2) is 0 Å². The van der Waals surface area contributed by atoms with Gasteiger partial charge in [-0.3, -0.25) is 9.20 Å². The van der Waals surface area contributed by atoms with Crippen LogP contribution < -0.4 is 10.3 Å². The minimum atomic E-state index is -0.133. The van der Waals surface area contributed by atoms with Gasteiger partial charge in [-0.1, -0.05) is 0 Å². The number of pyridine rings is 1. The molecule has 0 aliphatic carbocycles. The molecule has 0 atom stereocenters. The highest BCUT2D eigenvalue weighted by Crippen LogP contribution is 2.06. The van der Waals surface area contributed by atoms with Gasteiger partial charge < -0.3 is 4.74 Å². The lowest BCUT2D eigenvalue weighted by Crippen LogP contribution is -2.13. The lowest BCUT2D eigenvalue weighted by Gasteiger charge is -2.02. The molecule has 0 saturated heterocycles. The number of methoxy groups -OCH3 is 1. The molecule has 14 heavy (non-hydrogen) atoms. The van der Waals surface area contributed by atoms with Crippen molar-refractivity contribution in [3.05, 3.63) is 40.3 Å². The molecule has 0 N–H and O–H groups in total. The fourth-order valence-corrected chi connectivity index (χ4v) is 1.29. The van der Waals surface area contributed by atoms with Gasteiger partial charge in [-0.05, 0) is 24.6 Å². The van der Waals surface area contributed by atoms with Crippen molar-refractivity contribution in [2.45, 2.75) is 6.92 Å². The Balaban J connectivity index is 2.84. The number of rotatable bonds is 1. The molecule has 0 radical (unpaired) electrons. The lowest BCUT2D eigenvalue weighted by molar-refractivity contribution is 0.397. The molecule has 4 heteroatoms. The van der Waals surface area contributed by atoms with Crippen LogP contribution in [0.25, 0.3) is 5.65 Å². The Bertz CT molecular complexity index is 531. The molecule has 0 aromatic carbocycles. The standard InChI is InChI=1S/C10H10N2O2/c1-7-3-4-12-8(5-7)11-9(14-2)6-10(12)13/h3-6H,1-2H3. The second-order valence-electron chi connectivity index (χ2n) is 3.07. The maximum Gasteiger partial charge on any atom is 0.261 e. The van der Waals surface area contributed by atoms with Crippen LogP contribution in [-0.4, -0.2) is 16.5 Å². The molecule has 0 aliphatic rings. The largest absolute Gasteiger partial charge is 0.481 e. The lowest BCUT2D eigenvalue weighted by atomic mass is 10.3. The third kappa shape index (κ3) is 1.35. The van der Waals surface area contributed by atoms with Crippen LogP contribution in [0.4, 0.5) is 0 Å². The van der Waals surface area contributed by atoms with Crippen LogP contribution in [0.15, 0.2) is 29.2 Å². The second kappa shape index (κ2) is 3.14. The topological polar surface area (TPSA) is 43.6 Å². The fourth-order valence-electron chi connectivity index (χ4n) is 1.29. The summed E-state index contributed by atoms with van der Waals surface area (Å²) in [4.78, 5) is 15.7. The van der Waals surface area contributed by atoms with E-state index in [1.54, 1.807) is 6.20 Å². The van der Waals surface area contributed by atoms with Crippen LogP contribution in [0.1, 0.15) is 5.56 Å². The average Bonchev–Trinajstić information content (AvgIpc) is 2.16. The molecular formula is C10H10N2O2. The van der Waals surface area contributed by atoms with Gasteiger partial charge in [0.1, 0.15) is 5.65 Å². The first kappa shape index (κ1) is 8.74. The quantitative estimate of drug-likeness (QED) is 0.674.